The molecule has 0 unspecified atom stereocenters. The highest BCUT2D eigenvalue weighted by Gasteiger charge is 2.33. The average molecular weight is 390 g/mol. The van der Waals surface area contributed by atoms with E-state index in [1.807, 2.05) is 0 Å². The van der Waals surface area contributed by atoms with Crippen molar-refractivity contribution < 1.29 is 13.2 Å². The van der Waals surface area contributed by atoms with Gasteiger partial charge in [0.15, 0.2) is 0 Å². The summed E-state index contributed by atoms with van der Waals surface area (Å²) in [6.07, 6.45) is -1.86. The molecule has 0 aliphatic heterocycles. The molecule has 0 fully saturated rings. The number of nitrogens with two attached hydrogens (primary N) is 2. The second-order valence-electron chi connectivity index (χ2n) is 5.79. The third kappa shape index (κ3) is 8.42. The normalized spacial score (nSPS) is 11.3. The van der Waals surface area contributed by atoms with Crippen molar-refractivity contribution in [3.8, 4) is 0 Å². The Kier molecular flexibility index (Phi) is 12.6. The fraction of sp³-hybridized carbons (Fsp3) is 0.625. The molecule has 3 nitrogen and oxygen atoms in total. The highest BCUT2D eigenvalue weighted by atomic mass is 35.5. The smallest absolute Gasteiger partial charge is 0.398 e. The Bertz CT molecular complexity index is 468. The van der Waals surface area contributed by atoms with Crippen LogP contribution in [0.4, 0.5) is 18.9 Å². The lowest BCUT2D eigenvalue weighted by molar-refractivity contribution is -0.136. The molecule has 0 radical (unpaired) electrons. The van der Waals surface area contributed by atoms with E-state index in [1.165, 1.54) is 6.07 Å². The third-order valence-electron chi connectivity index (χ3n) is 3.74. The Balaban J connectivity index is 0. The first-order valence-corrected chi connectivity index (χ1v) is 7.65. The zero-order valence-electron chi connectivity index (χ0n) is 14.1. The van der Waals surface area contributed by atoms with Crippen molar-refractivity contribution in [2.75, 3.05) is 25.4 Å². The molecule has 0 bridgehead atoms. The molecule has 24 heavy (non-hydrogen) atoms. The Hall–Kier alpha value is -0.690. The van der Waals surface area contributed by atoms with Crippen LogP contribution in [0.2, 0.25) is 0 Å². The van der Waals surface area contributed by atoms with E-state index < -0.39 is 11.7 Å². The molecule has 0 saturated carbocycles. The molecule has 8 heteroatoms. The largest absolute Gasteiger partial charge is 0.418 e. The van der Waals surface area contributed by atoms with Crippen LogP contribution in [0.1, 0.15) is 37.8 Å². The lowest BCUT2D eigenvalue weighted by atomic mass is 10.1. The van der Waals surface area contributed by atoms with Gasteiger partial charge in [0.1, 0.15) is 0 Å². The van der Waals surface area contributed by atoms with Crippen LogP contribution in [-0.2, 0) is 12.6 Å². The van der Waals surface area contributed by atoms with E-state index >= 15 is 0 Å². The minimum Gasteiger partial charge on any atom is -0.398 e. The molecule has 0 aliphatic carbocycles. The fourth-order valence-electron chi connectivity index (χ4n) is 2.36. The molecule has 142 valence electrons. The number of hydrogen-bond donors (Lipinski definition) is 2. The summed E-state index contributed by atoms with van der Waals surface area (Å²) in [6.45, 7) is 6.48. The SMILES string of the molecule is CC(C)N(CCCCN)CCc1ccc(N)c(C(F)(F)F)c1.Cl.Cl. The molecule has 1 rings (SSSR count). The maximum Gasteiger partial charge on any atom is 0.418 e. The van der Waals surface area contributed by atoms with Gasteiger partial charge in [-0.15, -0.1) is 24.8 Å². The molecule has 0 heterocycles. The van der Waals surface area contributed by atoms with Gasteiger partial charge in [0.05, 0.1) is 5.56 Å². The number of alkyl halides is 3. The van der Waals surface area contributed by atoms with Gasteiger partial charge in [-0.1, -0.05) is 6.07 Å². The lowest BCUT2D eigenvalue weighted by Crippen LogP contribution is -2.34. The third-order valence-corrected chi connectivity index (χ3v) is 3.74. The van der Waals surface area contributed by atoms with Crippen molar-refractivity contribution >= 4 is 30.5 Å². The Labute approximate surface area is 154 Å². The van der Waals surface area contributed by atoms with E-state index in [4.69, 9.17) is 11.5 Å². The van der Waals surface area contributed by atoms with Gasteiger partial charge in [-0.2, -0.15) is 13.2 Å². The van der Waals surface area contributed by atoms with E-state index in [0.29, 0.717) is 24.6 Å². The van der Waals surface area contributed by atoms with Gasteiger partial charge in [0.25, 0.3) is 0 Å². The number of hydrogen-bond acceptors (Lipinski definition) is 3. The van der Waals surface area contributed by atoms with Crippen molar-refractivity contribution in [1.82, 2.24) is 4.90 Å². The molecule has 0 saturated heterocycles. The second-order valence-corrected chi connectivity index (χ2v) is 5.79. The molecule has 0 aliphatic rings. The van der Waals surface area contributed by atoms with Gasteiger partial charge >= 0.3 is 6.18 Å². The van der Waals surface area contributed by atoms with Crippen LogP contribution < -0.4 is 11.5 Å². The summed E-state index contributed by atoms with van der Waals surface area (Å²) in [5, 5.41) is 0. The first kappa shape index (κ1) is 25.5. The van der Waals surface area contributed by atoms with Gasteiger partial charge in [-0.25, -0.2) is 0 Å². The van der Waals surface area contributed by atoms with Gasteiger partial charge in [-0.05, 0) is 63.9 Å². The highest BCUT2D eigenvalue weighted by molar-refractivity contribution is 5.85. The number of rotatable bonds is 8. The molecular weight excluding hydrogens is 362 g/mol. The first-order valence-electron chi connectivity index (χ1n) is 7.65. The number of nitrogen functional groups attached to an aromatic ring is 1. The Morgan fingerprint density at radius 3 is 2.21 bits per heavy atom. The summed E-state index contributed by atoms with van der Waals surface area (Å²) in [6, 6.07) is 4.52. The number of benzene rings is 1. The zero-order valence-corrected chi connectivity index (χ0v) is 15.7. The van der Waals surface area contributed by atoms with Gasteiger partial charge in [-0.3, -0.25) is 0 Å². The molecular formula is C16H28Cl2F3N3. The van der Waals surface area contributed by atoms with Crippen molar-refractivity contribution in [3.63, 3.8) is 0 Å². The Morgan fingerprint density at radius 2 is 1.71 bits per heavy atom. The highest BCUT2D eigenvalue weighted by Crippen LogP contribution is 2.34. The summed E-state index contributed by atoms with van der Waals surface area (Å²) in [5.74, 6) is 0. The minimum atomic E-state index is -4.40. The standard InChI is InChI=1S/C16H26F3N3.2ClH/c1-12(2)22(9-4-3-8-20)10-7-13-5-6-15(21)14(11-13)16(17,18)19;;/h5-6,11-12H,3-4,7-10,20-21H2,1-2H3;2*1H. The van der Waals surface area contributed by atoms with Crippen LogP contribution in [0.3, 0.4) is 0 Å². The zero-order chi connectivity index (χ0) is 16.8. The van der Waals surface area contributed by atoms with E-state index in [9.17, 15) is 13.2 Å². The average Bonchev–Trinajstić information content (AvgIpc) is 2.42. The predicted octanol–water partition coefficient (Wildman–Crippen LogP) is 4.12. The van der Waals surface area contributed by atoms with Crippen LogP contribution in [0.5, 0.6) is 0 Å². The van der Waals surface area contributed by atoms with E-state index in [1.54, 1.807) is 6.07 Å². The number of unbranched alkanes of at least 4 members (excludes halogenated alkanes) is 1. The van der Waals surface area contributed by atoms with Crippen LogP contribution >= 0.6 is 24.8 Å². The van der Waals surface area contributed by atoms with Crippen LogP contribution in [0.15, 0.2) is 18.2 Å². The molecule has 0 amide bonds. The summed E-state index contributed by atoms with van der Waals surface area (Å²) in [7, 11) is 0. The van der Waals surface area contributed by atoms with Crippen LogP contribution in [-0.4, -0.2) is 30.6 Å². The van der Waals surface area contributed by atoms with Gasteiger partial charge < -0.3 is 16.4 Å². The molecule has 1 aromatic carbocycles. The van der Waals surface area contributed by atoms with Crippen molar-refractivity contribution in [2.24, 2.45) is 5.73 Å². The topological polar surface area (TPSA) is 55.3 Å². The summed E-state index contributed by atoms with van der Waals surface area (Å²) < 4.78 is 38.6. The second kappa shape index (κ2) is 11.8. The fourth-order valence-corrected chi connectivity index (χ4v) is 2.36. The van der Waals surface area contributed by atoms with Crippen molar-refractivity contribution in [1.29, 1.82) is 0 Å². The van der Waals surface area contributed by atoms with E-state index in [2.05, 4.69) is 18.7 Å². The molecule has 0 spiro atoms. The summed E-state index contributed by atoms with van der Waals surface area (Å²) in [5.41, 5.74) is 10.6. The summed E-state index contributed by atoms with van der Waals surface area (Å²) in [4.78, 5) is 2.26. The van der Waals surface area contributed by atoms with E-state index in [0.717, 1.165) is 32.0 Å². The molecule has 4 N–H and O–H groups in total. The van der Waals surface area contributed by atoms with Gasteiger partial charge in [0.2, 0.25) is 0 Å². The quantitative estimate of drug-likeness (QED) is 0.519. The summed E-state index contributed by atoms with van der Waals surface area (Å²) >= 11 is 0. The maximum atomic E-state index is 12.9. The number of anilines is 1. The van der Waals surface area contributed by atoms with E-state index in [-0.39, 0.29) is 30.5 Å². The van der Waals surface area contributed by atoms with Crippen LogP contribution in [0.25, 0.3) is 0 Å². The number of nitrogens with zero attached hydrogens (tertiary/aromatic N) is 1. The monoisotopic (exact) mass is 389 g/mol. The predicted molar refractivity (Wildman–Crippen MR) is 99.1 cm³/mol. The van der Waals surface area contributed by atoms with Crippen molar-refractivity contribution in [2.45, 2.75) is 45.3 Å². The molecule has 1 aromatic rings. The molecule has 0 atom stereocenters. The first-order chi connectivity index (χ1) is 10.3. The van der Waals surface area contributed by atoms with Crippen LogP contribution in [0, 0.1) is 0 Å². The van der Waals surface area contributed by atoms with Crippen molar-refractivity contribution in [3.05, 3.63) is 29.3 Å². The Morgan fingerprint density at radius 1 is 1.08 bits per heavy atom. The lowest BCUT2D eigenvalue weighted by Gasteiger charge is -2.26. The minimum absolute atomic E-state index is 0. The maximum absolute atomic E-state index is 12.9. The molecule has 0 aromatic heterocycles. The van der Waals surface area contributed by atoms with Gasteiger partial charge in [0, 0.05) is 18.3 Å². The number of halogens is 5.